The van der Waals surface area contributed by atoms with Crippen molar-refractivity contribution in [2.24, 2.45) is 25.9 Å². The Morgan fingerprint density at radius 3 is 2.79 bits per heavy atom. The number of piperidine rings is 1. The van der Waals surface area contributed by atoms with Crippen molar-refractivity contribution >= 4 is 0 Å². The monoisotopic (exact) mass is 594 g/mol. The lowest BCUT2D eigenvalue weighted by molar-refractivity contribution is -0.0791. The van der Waals surface area contributed by atoms with Gasteiger partial charge in [0.05, 0.1) is 36.8 Å². The summed E-state index contributed by atoms with van der Waals surface area (Å²) in [6.07, 6.45) is 6.11. The molecule has 236 valence electrons. The van der Waals surface area contributed by atoms with E-state index in [1.54, 1.807) is 0 Å². The first kappa shape index (κ1) is 28.6. The molecule has 43 heavy (non-hydrogen) atoms. The van der Waals surface area contributed by atoms with Crippen LogP contribution in [0.3, 0.4) is 0 Å². The summed E-state index contributed by atoms with van der Waals surface area (Å²) in [5.74, 6) is 0.830. The molecule has 5 saturated heterocycles. The summed E-state index contributed by atoms with van der Waals surface area (Å²) in [4.78, 5) is 2.50. The molecule has 8 rings (SSSR count). The minimum Gasteiger partial charge on any atom is -0.361 e. The molecular formula is C30H50N12O. The van der Waals surface area contributed by atoms with Gasteiger partial charge >= 0.3 is 0 Å². The van der Waals surface area contributed by atoms with Crippen LogP contribution in [0.25, 0.3) is 0 Å². The van der Waals surface area contributed by atoms with E-state index in [2.05, 4.69) is 96.1 Å². The van der Waals surface area contributed by atoms with Crippen molar-refractivity contribution in [3.05, 3.63) is 41.0 Å². The second kappa shape index (κ2) is 11.5. The van der Waals surface area contributed by atoms with E-state index in [9.17, 15) is 0 Å². The van der Waals surface area contributed by atoms with Crippen LogP contribution in [0, 0.1) is 11.8 Å². The lowest BCUT2D eigenvalue weighted by Crippen LogP contribution is -2.67. The van der Waals surface area contributed by atoms with Gasteiger partial charge in [-0.1, -0.05) is 0 Å². The highest BCUT2D eigenvalue weighted by atomic mass is 16.5. The fourth-order valence-electron chi connectivity index (χ4n) is 8.67. The van der Waals surface area contributed by atoms with E-state index in [0.717, 1.165) is 65.1 Å². The van der Waals surface area contributed by atoms with Crippen LogP contribution in [0.1, 0.15) is 54.9 Å². The lowest BCUT2D eigenvalue weighted by Gasteiger charge is -2.43. The van der Waals surface area contributed by atoms with Crippen LogP contribution in [0.5, 0.6) is 0 Å². The predicted octanol–water partition coefficient (Wildman–Crippen LogP) is -0.534. The van der Waals surface area contributed by atoms with Gasteiger partial charge in [-0.3, -0.25) is 25.6 Å². The first-order valence-corrected chi connectivity index (χ1v) is 16.4. The fraction of sp³-hybridized carbons (Fsp3) is 0.767. The number of hydrazine groups is 2. The number of hydrogen-bond acceptors (Lipinski definition) is 11. The highest BCUT2D eigenvalue weighted by Crippen LogP contribution is 2.39. The van der Waals surface area contributed by atoms with E-state index in [0.29, 0.717) is 23.9 Å². The molecule has 8 heterocycles. The number of rotatable bonds is 3. The van der Waals surface area contributed by atoms with Gasteiger partial charge in [-0.15, -0.1) is 0 Å². The second-order valence-electron chi connectivity index (χ2n) is 13.8. The topological polar surface area (TPSA) is 114 Å². The molecule has 0 saturated carbocycles. The van der Waals surface area contributed by atoms with E-state index < -0.39 is 0 Å². The van der Waals surface area contributed by atoms with E-state index in [1.807, 2.05) is 11.7 Å². The van der Waals surface area contributed by atoms with E-state index in [1.165, 1.54) is 22.6 Å². The predicted molar refractivity (Wildman–Crippen MR) is 163 cm³/mol. The average molecular weight is 595 g/mol. The van der Waals surface area contributed by atoms with Crippen molar-refractivity contribution in [3.63, 3.8) is 0 Å². The van der Waals surface area contributed by atoms with Crippen molar-refractivity contribution in [2.75, 3.05) is 33.3 Å². The maximum atomic E-state index is 6.60. The summed E-state index contributed by atoms with van der Waals surface area (Å²) >= 11 is 0. The molecule has 0 spiro atoms. The quantitative estimate of drug-likeness (QED) is 0.276. The number of ether oxygens (including phenoxy) is 1. The van der Waals surface area contributed by atoms with Crippen LogP contribution < -0.4 is 32.1 Å². The summed E-state index contributed by atoms with van der Waals surface area (Å²) in [6.45, 7) is 8.85. The summed E-state index contributed by atoms with van der Waals surface area (Å²) < 4.78 is 11.0. The molecule has 6 aliphatic heterocycles. The smallest absolute Gasteiger partial charge is 0.129 e. The summed E-state index contributed by atoms with van der Waals surface area (Å²) in [5.41, 5.74) is 12.9. The van der Waals surface area contributed by atoms with Crippen LogP contribution in [0.2, 0.25) is 0 Å². The third-order valence-corrected chi connectivity index (χ3v) is 11.0. The zero-order chi connectivity index (χ0) is 29.2. The van der Waals surface area contributed by atoms with E-state index in [4.69, 9.17) is 4.74 Å². The Balaban J connectivity index is 1.01. The molecule has 2 aromatic heterocycles. The van der Waals surface area contributed by atoms with Crippen molar-refractivity contribution < 1.29 is 4.74 Å². The molecule has 5 fully saturated rings. The Bertz CT molecular complexity index is 1270. The number of aromatic nitrogens is 3. The van der Waals surface area contributed by atoms with Crippen molar-refractivity contribution in [3.8, 4) is 0 Å². The van der Waals surface area contributed by atoms with Crippen molar-refractivity contribution in [2.45, 2.75) is 88.7 Å². The Kier molecular flexibility index (Phi) is 7.62. The van der Waals surface area contributed by atoms with Gasteiger partial charge in [-0.05, 0) is 44.9 Å². The van der Waals surface area contributed by atoms with Crippen LogP contribution >= 0.6 is 0 Å². The van der Waals surface area contributed by atoms with Gasteiger partial charge in [0.2, 0.25) is 0 Å². The maximum absolute atomic E-state index is 6.60. The Morgan fingerprint density at radius 2 is 1.91 bits per heavy atom. The molecule has 4 bridgehead atoms. The minimum atomic E-state index is 0.0461. The van der Waals surface area contributed by atoms with Crippen LogP contribution in [-0.4, -0.2) is 99.4 Å². The van der Waals surface area contributed by atoms with Crippen LogP contribution in [-0.2, 0) is 38.5 Å². The minimum absolute atomic E-state index is 0.0461. The maximum Gasteiger partial charge on any atom is 0.129 e. The van der Waals surface area contributed by atoms with Gasteiger partial charge in [-0.25, -0.2) is 15.4 Å². The first-order chi connectivity index (χ1) is 20.9. The Morgan fingerprint density at radius 1 is 1.00 bits per heavy atom. The highest BCUT2D eigenvalue weighted by molar-refractivity contribution is 5.25. The molecule has 13 nitrogen and oxygen atoms in total. The van der Waals surface area contributed by atoms with Crippen LogP contribution in [0.15, 0.2) is 18.3 Å². The average Bonchev–Trinajstić information content (AvgIpc) is 3.79. The van der Waals surface area contributed by atoms with Gasteiger partial charge in [0.1, 0.15) is 6.23 Å². The second-order valence-corrected chi connectivity index (χ2v) is 13.8. The van der Waals surface area contributed by atoms with Gasteiger partial charge in [0.15, 0.2) is 0 Å². The SMILES string of the molecule is C[C@H]1CCOC2C(CNN2C)C2NCCC(NC3CC4C(CN3)C(c3ccc(CN5Cc6cn(C)nc6C5)n3C)NN41)N2. The molecule has 8 unspecified atom stereocenters. The highest BCUT2D eigenvalue weighted by Gasteiger charge is 2.49. The largest absolute Gasteiger partial charge is 0.361 e. The molecular weight excluding hydrogens is 544 g/mol. The molecule has 2 aromatic rings. The molecule has 6 N–H and O–H groups in total. The number of fused-ring (bicyclic) bond motifs is 6. The normalized spacial score (nSPS) is 39.1. The molecule has 0 radical (unpaired) electrons. The Labute approximate surface area is 255 Å². The fourth-order valence-corrected chi connectivity index (χ4v) is 8.67. The summed E-state index contributed by atoms with van der Waals surface area (Å²) in [5, 5.41) is 24.9. The molecule has 0 amide bonds. The summed E-state index contributed by atoms with van der Waals surface area (Å²) in [7, 11) is 6.37. The summed E-state index contributed by atoms with van der Waals surface area (Å²) in [6, 6.07) is 5.77. The number of hydrogen-bond donors (Lipinski definition) is 6. The zero-order valence-electron chi connectivity index (χ0n) is 26.1. The van der Waals surface area contributed by atoms with E-state index >= 15 is 0 Å². The third-order valence-electron chi connectivity index (χ3n) is 11.0. The zero-order valence-corrected chi connectivity index (χ0v) is 26.1. The molecule has 0 aliphatic carbocycles. The van der Waals surface area contributed by atoms with Crippen molar-refractivity contribution in [1.29, 1.82) is 0 Å². The molecule has 0 aromatic carbocycles. The van der Waals surface area contributed by atoms with Gasteiger partial charge in [0.25, 0.3) is 0 Å². The Hall–Kier alpha value is -1.91. The number of aryl methyl sites for hydroxylation is 1. The number of nitrogens with one attached hydrogen (secondary N) is 6. The molecule has 13 heteroatoms. The van der Waals surface area contributed by atoms with Gasteiger partial charge < -0.3 is 19.9 Å². The number of nitrogens with zero attached hydrogens (tertiary/aromatic N) is 6. The standard InChI is InChI=1S/C30H50N12O/c1-18-8-10-43-30-22(13-33-40(30)4)29-31-9-7-26(35-29)34-27-11-25-21(12-32-27)28(37-42(18)25)24-6-5-20(39(24)3)16-41-15-19-14-38(2)36-23(19)17-41/h5-6,14,18,21-22,25-35,37H,7-13,15-17H2,1-4H3/t18-,21?,22?,25?,26?,27?,28?,29?,30?/m0/s1. The third kappa shape index (κ3) is 5.27. The van der Waals surface area contributed by atoms with Crippen LogP contribution in [0.4, 0.5) is 0 Å². The lowest BCUT2D eigenvalue weighted by atomic mass is 9.85. The molecule has 6 aliphatic rings. The van der Waals surface area contributed by atoms with Crippen molar-refractivity contribution in [1.82, 2.24) is 61.4 Å². The van der Waals surface area contributed by atoms with Gasteiger partial charge in [0, 0.05) is 101 Å². The molecule has 9 atom stereocenters. The first-order valence-electron chi connectivity index (χ1n) is 16.4. The van der Waals surface area contributed by atoms with Gasteiger partial charge in [-0.2, -0.15) is 5.10 Å². The van der Waals surface area contributed by atoms with E-state index in [-0.39, 0.29) is 30.8 Å².